The smallest absolute Gasteiger partial charge is 0.261 e. The van der Waals surface area contributed by atoms with Crippen LogP contribution in [-0.2, 0) is 6.61 Å². The number of aliphatic hydroxyl groups is 1. The molecule has 0 spiro atoms. The third kappa shape index (κ3) is 4.82. The average Bonchev–Trinajstić information content (AvgIpc) is 2.86. The quantitative estimate of drug-likeness (QED) is 0.423. The molecule has 0 atom stereocenters. The first-order valence-electron chi connectivity index (χ1n) is 10.4. The van der Waals surface area contributed by atoms with E-state index < -0.39 is 17.5 Å². The van der Waals surface area contributed by atoms with Gasteiger partial charge in [-0.25, -0.2) is 13.8 Å². The fraction of sp³-hybridized carbons (Fsp3) is 0.160. The number of rotatable bonds is 6. The van der Waals surface area contributed by atoms with Crippen LogP contribution in [0.2, 0.25) is 0 Å². The molecule has 35 heavy (non-hydrogen) atoms. The van der Waals surface area contributed by atoms with Gasteiger partial charge in [0.2, 0.25) is 5.55 Å². The number of fused-ring (bicyclic) bond motifs is 1. The van der Waals surface area contributed by atoms with Crippen LogP contribution in [0.15, 0.2) is 58.1 Å². The third-order valence-electron chi connectivity index (χ3n) is 5.25. The molecule has 4 rings (SSSR count). The topological polar surface area (TPSA) is 106 Å². The number of ether oxygens (including phenoxy) is 2. The monoisotopic (exact) mass is 481 g/mol. The number of aryl methyl sites for hydroxylation is 1. The second-order valence-corrected chi connectivity index (χ2v) is 7.46. The zero-order valence-electron chi connectivity index (χ0n) is 19.1. The number of amides is 1. The molecule has 4 aromatic rings. The molecule has 0 saturated heterocycles. The molecule has 0 bridgehead atoms. The Balaban J connectivity index is 1.95. The summed E-state index contributed by atoms with van der Waals surface area (Å²) in [6, 6.07) is 9.16. The molecule has 0 saturated carbocycles. The molecule has 2 aromatic heterocycles. The third-order valence-corrected chi connectivity index (χ3v) is 5.25. The maximum atomic E-state index is 14.2. The van der Waals surface area contributed by atoms with Crippen LogP contribution in [0.4, 0.5) is 20.2 Å². The molecule has 0 unspecified atom stereocenters. The van der Waals surface area contributed by atoms with Gasteiger partial charge in [0.1, 0.15) is 34.4 Å². The molecule has 180 valence electrons. The molecule has 0 fully saturated rings. The van der Waals surface area contributed by atoms with Crippen molar-refractivity contribution in [2.45, 2.75) is 13.5 Å². The van der Waals surface area contributed by atoms with Crippen molar-refractivity contribution in [3.63, 3.8) is 0 Å². The Morgan fingerprint density at radius 1 is 1.14 bits per heavy atom. The van der Waals surface area contributed by atoms with Crippen LogP contribution in [0.3, 0.4) is 0 Å². The molecule has 0 aliphatic carbocycles. The van der Waals surface area contributed by atoms with E-state index in [2.05, 4.69) is 15.3 Å². The number of carbonyl (C=O) groups excluding carboxylic acids is 1. The Hall–Kier alpha value is -4.31. The summed E-state index contributed by atoms with van der Waals surface area (Å²) in [4.78, 5) is 21.9. The summed E-state index contributed by atoms with van der Waals surface area (Å²) in [5, 5.41) is 12.6. The van der Waals surface area contributed by atoms with E-state index in [1.54, 1.807) is 25.1 Å². The minimum absolute atomic E-state index is 0.0561. The first kappa shape index (κ1) is 23.8. The fourth-order valence-corrected chi connectivity index (χ4v) is 3.43. The van der Waals surface area contributed by atoms with E-state index in [4.69, 9.17) is 13.9 Å². The molecule has 0 radical (unpaired) electrons. The lowest BCUT2D eigenvalue weighted by molar-refractivity contribution is 0.102. The van der Waals surface area contributed by atoms with Gasteiger partial charge in [0, 0.05) is 29.3 Å². The predicted molar refractivity (Wildman–Crippen MR) is 124 cm³/mol. The number of nitrogens with zero attached hydrogens (tertiary/aromatic N) is 2. The molecular weight excluding hydrogens is 460 g/mol. The maximum Gasteiger partial charge on any atom is 0.261 e. The largest absolute Gasteiger partial charge is 0.497 e. The lowest BCUT2D eigenvalue weighted by Crippen LogP contribution is -2.22. The van der Waals surface area contributed by atoms with Gasteiger partial charge in [-0.15, -0.1) is 0 Å². The zero-order chi connectivity index (χ0) is 25.1. The second-order valence-electron chi connectivity index (χ2n) is 7.46. The molecular formula is C25H21F2N3O5. The van der Waals surface area contributed by atoms with Crippen LogP contribution in [-0.4, -0.2) is 30.2 Å². The summed E-state index contributed by atoms with van der Waals surface area (Å²) < 4.78 is 44.1. The van der Waals surface area contributed by atoms with Gasteiger partial charge in [0.25, 0.3) is 5.91 Å². The van der Waals surface area contributed by atoms with E-state index in [-0.39, 0.29) is 23.4 Å². The Labute approximate surface area is 198 Å². The Kier molecular flexibility index (Phi) is 6.74. The lowest BCUT2D eigenvalue weighted by atomic mass is 10.1. The predicted octanol–water partition coefficient (Wildman–Crippen LogP) is 4.41. The number of methoxy groups -OCH3 is 2. The van der Waals surface area contributed by atoms with Crippen LogP contribution >= 0.6 is 0 Å². The summed E-state index contributed by atoms with van der Waals surface area (Å²) >= 11 is 0. The van der Waals surface area contributed by atoms with Crippen LogP contribution < -0.4 is 20.3 Å². The van der Waals surface area contributed by atoms with Crippen LogP contribution in [0.25, 0.3) is 11.0 Å². The van der Waals surface area contributed by atoms with Crippen molar-refractivity contribution in [2.75, 3.05) is 19.5 Å². The highest BCUT2D eigenvalue weighted by Gasteiger charge is 2.18. The van der Waals surface area contributed by atoms with Crippen LogP contribution in [0.5, 0.6) is 11.5 Å². The minimum Gasteiger partial charge on any atom is -0.497 e. The van der Waals surface area contributed by atoms with Crippen molar-refractivity contribution in [3.05, 3.63) is 82.7 Å². The first-order chi connectivity index (χ1) is 16.8. The normalized spacial score (nSPS) is 11.5. The van der Waals surface area contributed by atoms with Crippen molar-refractivity contribution in [1.29, 1.82) is 0 Å². The number of halogens is 2. The van der Waals surface area contributed by atoms with Gasteiger partial charge in [0.05, 0.1) is 32.2 Å². The van der Waals surface area contributed by atoms with E-state index in [1.165, 1.54) is 26.5 Å². The summed E-state index contributed by atoms with van der Waals surface area (Å²) in [5.74, 6) is -1.59. The Morgan fingerprint density at radius 2 is 1.94 bits per heavy atom. The molecule has 1 amide bonds. The summed E-state index contributed by atoms with van der Waals surface area (Å²) in [6.07, 6.45) is 1.47. The summed E-state index contributed by atoms with van der Waals surface area (Å²) in [6.45, 7) is 1.36. The first-order valence-corrected chi connectivity index (χ1v) is 10.4. The van der Waals surface area contributed by atoms with Crippen molar-refractivity contribution in [3.8, 4) is 11.5 Å². The van der Waals surface area contributed by atoms with E-state index in [1.807, 2.05) is 0 Å². The van der Waals surface area contributed by atoms with Crippen LogP contribution in [0.1, 0.15) is 21.6 Å². The number of carbonyl (C=O) groups is 1. The number of hydrogen-bond donors (Lipinski definition) is 2. The lowest BCUT2D eigenvalue weighted by Gasteiger charge is -2.11. The second kappa shape index (κ2) is 9.90. The number of aliphatic hydroxyl groups excluding tert-OH is 1. The summed E-state index contributed by atoms with van der Waals surface area (Å²) in [7, 11) is 2.97. The van der Waals surface area contributed by atoms with E-state index in [0.717, 1.165) is 12.1 Å². The van der Waals surface area contributed by atoms with Gasteiger partial charge in [-0.1, -0.05) is 0 Å². The minimum atomic E-state index is -0.942. The number of hydrogen-bond acceptors (Lipinski definition) is 7. The van der Waals surface area contributed by atoms with Gasteiger partial charge in [-0.3, -0.25) is 9.78 Å². The van der Waals surface area contributed by atoms with Crippen LogP contribution in [0, 0.1) is 18.6 Å². The molecule has 2 heterocycles. The highest BCUT2D eigenvalue weighted by Crippen LogP contribution is 2.31. The standard InChI is InChI=1S/C25H21F2N3O5/c1-13-23-17(14(12-31)11-28-13)10-18(24(32)29-20-6-4-15(26)8-19(20)27)25(35-23)30-21-7-5-16(33-2)9-22(21)34-3/h4-11,31H,12H2,1-3H3,(H,29,32). The van der Waals surface area contributed by atoms with E-state index >= 15 is 0 Å². The van der Waals surface area contributed by atoms with Gasteiger partial charge in [-0.2, -0.15) is 0 Å². The molecule has 10 heteroatoms. The highest BCUT2D eigenvalue weighted by atomic mass is 19.1. The molecule has 2 N–H and O–H groups in total. The summed E-state index contributed by atoms with van der Waals surface area (Å²) in [5.41, 5.74) is 1.18. The van der Waals surface area contributed by atoms with Crippen molar-refractivity contribution < 1.29 is 32.6 Å². The van der Waals surface area contributed by atoms with E-state index in [9.17, 15) is 18.7 Å². The number of nitrogens with one attached hydrogen (secondary N) is 1. The number of aromatic nitrogens is 1. The molecule has 8 nitrogen and oxygen atoms in total. The SMILES string of the molecule is COc1ccc(N=c2oc3c(C)ncc(CO)c3cc2C(=O)Nc2ccc(F)cc2F)c(OC)c1. The van der Waals surface area contributed by atoms with Gasteiger partial charge in [0.15, 0.2) is 5.58 Å². The van der Waals surface area contributed by atoms with Crippen molar-refractivity contribution in [1.82, 2.24) is 4.98 Å². The number of benzene rings is 2. The van der Waals surface area contributed by atoms with Gasteiger partial charge >= 0.3 is 0 Å². The fourth-order valence-electron chi connectivity index (χ4n) is 3.43. The average molecular weight is 481 g/mol. The van der Waals surface area contributed by atoms with Gasteiger partial charge < -0.3 is 24.3 Å². The molecule has 0 aliphatic rings. The Morgan fingerprint density at radius 3 is 2.63 bits per heavy atom. The van der Waals surface area contributed by atoms with Crippen molar-refractivity contribution >= 4 is 28.3 Å². The van der Waals surface area contributed by atoms with Gasteiger partial charge in [-0.05, 0) is 37.3 Å². The zero-order valence-corrected chi connectivity index (χ0v) is 19.1. The van der Waals surface area contributed by atoms with E-state index in [0.29, 0.717) is 45.5 Å². The number of pyridine rings is 1. The number of anilines is 1. The molecule has 0 aliphatic heterocycles. The highest BCUT2D eigenvalue weighted by molar-refractivity contribution is 6.05. The molecule has 2 aromatic carbocycles. The Bertz CT molecular complexity index is 1500. The van der Waals surface area contributed by atoms with Crippen molar-refractivity contribution in [2.24, 2.45) is 4.99 Å². The maximum absolute atomic E-state index is 14.2.